The van der Waals surface area contributed by atoms with Crippen molar-refractivity contribution in [2.75, 3.05) is 20.8 Å². The minimum atomic E-state index is 0. The van der Waals surface area contributed by atoms with E-state index >= 15 is 0 Å². The Morgan fingerprint density at radius 3 is 2.45 bits per heavy atom. The summed E-state index contributed by atoms with van der Waals surface area (Å²) >= 11 is 8.10. The van der Waals surface area contributed by atoms with Crippen LogP contribution in [0, 0.1) is 0 Å². The van der Waals surface area contributed by atoms with Crippen LogP contribution in [0.15, 0.2) is 53.9 Å². The molecule has 0 radical (unpaired) electrons. The Labute approximate surface area is 187 Å². The van der Waals surface area contributed by atoms with E-state index in [9.17, 15) is 0 Å². The highest BCUT2D eigenvalue weighted by atomic mass is 35.5. The fourth-order valence-electron chi connectivity index (χ4n) is 2.81. The summed E-state index contributed by atoms with van der Waals surface area (Å²) in [5.74, 6) is 2.11. The molecule has 2 aromatic carbocycles. The van der Waals surface area contributed by atoms with E-state index < -0.39 is 0 Å². The molecule has 0 aliphatic heterocycles. The van der Waals surface area contributed by atoms with Gasteiger partial charge in [-0.05, 0) is 59.8 Å². The van der Waals surface area contributed by atoms with Crippen LogP contribution in [0.5, 0.6) is 17.2 Å². The molecule has 0 spiro atoms. The van der Waals surface area contributed by atoms with Crippen molar-refractivity contribution in [1.82, 2.24) is 5.32 Å². The van der Waals surface area contributed by atoms with E-state index in [0.717, 1.165) is 29.2 Å². The van der Waals surface area contributed by atoms with E-state index in [1.807, 2.05) is 41.8 Å². The molecule has 0 amide bonds. The summed E-state index contributed by atoms with van der Waals surface area (Å²) in [6.07, 6.45) is 0.941. The van der Waals surface area contributed by atoms with Crippen LogP contribution >= 0.6 is 35.3 Å². The number of hydrogen-bond donors (Lipinski definition) is 1. The molecule has 0 unspecified atom stereocenters. The van der Waals surface area contributed by atoms with Gasteiger partial charge in [0.15, 0.2) is 11.5 Å². The zero-order chi connectivity index (χ0) is 19.8. The highest BCUT2D eigenvalue weighted by Crippen LogP contribution is 2.37. The van der Waals surface area contributed by atoms with Gasteiger partial charge in [-0.15, -0.1) is 23.7 Å². The molecule has 29 heavy (non-hydrogen) atoms. The van der Waals surface area contributed by atoms with Crippen LogP contribution in [0.2, 0.25) is 5.02 Å². The van der Waals surface area contributed by atoms with Crippen molar-refractivity contribution in [1.29, 1.82) is 0 Å². The molecule has 1 N–H and O–H groups in total. The van der Waals surface area contributed by atoms with Crippen LogP contribution in [-0.4, -0.2) is 20.8 Å². The predicted octanol–water partition coefficient (Wildman–Crippen LogP) is 5.75. The van der Waals surface area contributed by atoms with Gasteiger partial charge in [0, 0.05) is 11.4 Å². The first-order chi connectivity index (χ1) is 13.7. The van der Waals surface area contributed by atoms with Crippen LogP contribution in [0.25, 0.3) is 0 Å². The number of ether oxygens (including phenoxy) is 3. The van der Waals surface area contributed by atoms with Crippen molar-refractivity contribution in [2.24, 2.45) is 0 Å². The van der Waals surface area contributed by atoms with Gasteiger partial charge in [-0.3, -0.25) is 0 Å². The number of nitrogens with one attached hydrogen (secondary N) is 1. The molecular weight excluding hydrogens is 429 g/mol. The third kappa shape index (κ3) is 6.82. The number of benzene rings is 2. The topological polar surface area (TPSA) is 39.7 Å². The summed E-state index contributed by atoms with van der Waals surface area (Å²) < 4.78 is 16.6. The third-order valence-electron chi connectivity index (χ3n) is 4.31. The summed E-state index contributed by atoms with van der Waals surface area (Å²) in [4.78, 5) is 1.14. The first-order valence-corrected chi connectivity index (χ1v) is 10.3. The lowest BCUT2D eigenvalue weighted by atomic mass is 10.1. The maximum atomic E-state index is 6.45. The predicted molar refractivity (Wildman–Crippen MR) is 122 cm³/mol. The largest absolute Gasteiger partial charge is 0.497 e. The second-order valence-electron chi connectivity index (χ2n) is 6.25. The van der Waals surface area contributed by atoms with Crippen molar-refractivity contribution in [2.45, 2.75) is 19.6 Å². The second kappa shape index (κ2) is 11.9. The van der Waals surface area contributed by atoms with E-state index in [0.29, 0.717) is 29.7 Å². The number of thiophene rings is 1. The average molecular weight is 454 g/mol. The zero-order valence-electron chi connectivity index (χ0n) is 16.4. The molecular formula is C22H25Cl2NO3S. The van der Waals surface area contributed by atoms with E-state index in [-0.39, 0.29) is 12.4 Å². The standard InChI is InChI=1S/C22H24ClNO3S.ClH/c1-25-18-7-5-16(6-8-18)9-10-24-14-17-12-20(23)22(21(13-17)26-2)27-15-19-4-3-11-28-19;/h3-8,11-13,24H,9-10,14-15H2,1-2H3;1H. The van der Waals surface area contributed by atoms with E-state index in [1.165, 1.54) is 5.56 Å². The van der Waals surface area contributed by atoms with Crippen molar-refractivity contribution < 1.29 is 14.2 Å². The van der Waals surface area contributed by atoms with Gasteiger partial charge in [-0.1, -0.05) is 29.8 Å². The number of methoxy groups -OCH3 is 2. The van der Waals surface area contributed by atoms with Crippen molar-refractivity contribution in [3.63, 3.8) is 0 Å². The smallest absolute Gasteiger partial charge is 0.180 e. The lowest BCUT2D eigenvalue weighted by molar-refractivity contribution is 0.287. The van der Waals surface area contributed by atoms with Crippen LogP contribution in [0.3, 0.4) is 0 Å². The average Bonchev–Trinajstić information content (AvgIpc) is 3.24. The Morgan fingerprint density at radius 2 is 1.79 bits per heavy atom. The van der Waals surface area contributed by atoms with Crippen molar-refractivity contribution >= 4 is 35.3 Å². The molecule has 3 aromatic rings. The van der Waals surface area contributed by atoms with E-state index in [1.54, 1.807) is 25.6 Å². The zero-order valence-corrected chi connectivity index (χ0v) is 18.8. The fourth-order valence-corrected chi connectivity index (χ4v) is 3.71. The molecule has 0 fully saturated rings. The quantitative estimate of drug-likeness (QED) is 0.396. The molecule has 156 valence electrons. The first-order valence-electron chi connectivity index (χ1n) is 9.05. The number of hydrogen-bond acceptors (Lipinski definition) is 5. The van der Waals surface area contributed by atoms with Crippen LogP contribution in [0.4, 0.5) is 0 Å². The maximum absolute atomic E-state index is 6.45. The third-order valence-corrected chi connectivity index (χ3v) is 5.44. The Balaban J connectivity index is 0.00000300. The fraction of sp³-hybridized carbons (Fsp3) is 0.273. The van der Waals surface area contributed by atoms with Gasteiger partial charge in [0.25, 0.3) is 0 Å². The molecule has 3 rings (SSSR count). The second-order valence-corrected chi connectivity index (χ2v) is 7.69. The van der Waals surface area contributed by atoms with Gasteiger partial charge in [0.05, 0.1) is 19.2 Å². The molecule has 1 heterocycles. The lowest BCUT2D eigenvalue weighted by Crippen LogP contribution is -2.16. The highest BCUT2D eigenvalue weighted by molar-refractivity contribution is 7.09. The lowest BCUT2D eigenvalue weighted by Gasteiger charge is -2.14. The van der Waals surface area contributed by atoms with Crippen LogP contribution in [-0.2, 0) is 19.6 Å². The molecule has 7 heteroatoms. The molecule has 1 aromatic heterocycles. The Bertz CT molecular complexity index is 871. The Morgan fingerprint density at radius 1 is 1.00 bits per heavy atom. The minimum Gasteiger partial charge on any atom is -0.497 e. The summed E-state index contributed by atoms with van der Waals surface area (Å²) in [6, 6.07) is 16.1. The summed E-state index contributed by atoms with van der Waals surface area (Å²) in [7, 11) is 3.30. The number of halogens is 2. The van der Waals surface area contributed by atoms with Gasteiger partial charge >= 0.3 is 0 Å². The summed E-state index contributed by atoms with van der Waals surface area (Å²) in [6.45, 7) is 2.05. The van der Waals surface area contributed by atoms with E-state index in [2.05, 4.69) is 17.4 Å². The number of rotatable bonds is 10. The van der Waals surface area contributed by atoms with E-state index in [4.69, 9.17) is 25.8 Å². The molecule has 0 atom stereocenters. The normalized spacial score (nSPS) is 10.3. The van der Waals surface area contributed by atoms with Gasteiger partial charge < -0.3 is 19.5 Å². The first kappa shape index (κ1) is 23.4. The van der Waals surface area contributed by atoms with Crippen molar-refractivity contribution in [3.8, 4) is 17.2 Å². The molecule has 0 aliphatic rings. The van der Waals surface area contributed by atoms with Crippen LogP contribution in [0.1, 0.15) is 16.0 Å². The Hall–Kier alpha value is -1.92. The summed E-state index contributed by atoms with van der Waals surface area (Å²) in [5.41, 5.74) is 2.32. The SMILES string of the molecule is COc1ccc(CCNCc2cc(Cl)c(OCc3cccs3)c(OC)c2)cc1.Cl. The molecule has 0 bridgehead atoms. The van der Waals surface area contributed by atoms with Gasteiger partial charge in [-0.2, -0.15) is 0 Å². The minimum absolute atomic E-state index is 0. The van der Waals surface area contributed by atoms with Gasteiger partial charge in [0.1, 0.15) is 12.4 Å². The molecule has 0 saturated carbocycles. The molecule has 0 saturated heterocycles. The highest BCUT2D eigenvalue weighted by Gasteiger charge is 2.12. The monoisotopic (exact) mass is 453 g/mol. The molecule has 4 nitrogen and oxygen atoms in total. The van der Waals surface area contributed by atoms with Crippen molar-refractivity contribution in [3.05, 3.63) is 74.9 Å². The van der Waals surface area contributed by atoms with Gasteiger partial charge in [-0.25, -0.2) is 0 Å². The van der Waals surface area contributed by atoms with Gasteiger partial charge in [0.2, 0.25) is 0 Å². The summed E-state index contributed by atoms with van der Waals surface area (Å²) in [5, 5.41) is 6.03. The Kier molecular flexibility index (Phi) is 9.61. The van der Waals surface area contributed by atoms with Crippen LogP contribution < -0.4 is 19.5 Å². The maximum Gasteiger partial charge on any atom is 0.180 e. The molecule has 0 aliphatic carbocycles.